The Balaban J connectivity index is 1.86. The van der Waals surface area contributed by atoms with Gasteiger partial charge < -0.3 is 9.97 Å². The van der Waals surface area contributed by atoms with Crippen molar-refractivity contribution in [1.29, 1.82) is 5.26 Å². The minimum absolute atomic E-state index is 0.515. The quantitative estimate of drug-likeness (QED) is 0.544. The number of rotatable bonds is 2. The van der Waals surface area contributed by atoms with Gasteiger partial charge in [0.2, 0.25) is 0 Å². The largest absolute Gasteiger partial charge is 0.361 e. The molecular weight excluding hydrogens is 272 g/mol. The first-order valence-electron chi connectivity index (χ1n) is 6.98. The number of benzene rings is 2. The van der Waals surface area contributed by atoms with E-state index in [1.165, 1.54) is 0 Å². The second-order valence-corrected chi connectivity index (χ2v) is 5.06. The summed E-state index contributed by atoms with van der Waals surface area (Å²) in [5.41, 5.74) is 4.33. The van der Waals surface area contributed by atoms with Gasteiger partial charge in [-0.05, 0) is 24.3 Å². The third-order valence-corrected chi connectivity index (χ3v) is 3.69. The lowest BCUT2D eigenvalue weighted by molar-refractivity contribution is 1.27. The van der Waals surface area contributed by atoms with Crippen LogP contribution >= 0.6 is 0 Å². The lowest BCUT2D eigenvalue weighted by atomic mass is 10.1. The highest BCUT2D eigenvalue weighted by atomic mass is 14.9. The molecule has 4 rings (SSSR count). The fourth-order valence-electron chi connectivity index (χ4n) is 2.60. The maximum Gasteiger partial charge on any atom is 0.149 e. The summed E-state index contributed by atoms with van der Waals surface area (Å²) in [7, 11) is 0. The van der Waals surface area contributed by atoms with Crippen molar-refractivity contribution in [3.05, 3.63) is 66.1 Å². The van der Waals surface area contributed by atoms with Gasteiger partial charge in [0.15, 0.2) is 0 Å². The van der Waals surface area contributed by atoms with Crippen molar-refractivity contribution < 1.29 is 0 Å². The summed E-state index contributed by atoms with van der Waals surface area (Å²) in [5, 5.41) is 10.6. The summed E-state index contributed by atoms with van der Waals surface area (Å²) < 4.78 is 0. The first-order chi connectivity index (χ1) is 10.8. The Bertz CT molecular complexity index is 1010. The van der Waals surface area contributed by atoms with Gasteiger partial charge >= 0.3 is 0 Å². The van der Waals surface area contributed by atoms with E-state index in [1.54, 1.807) is 0 Å². The van der Waals surface area contributed by atoms with Gasteiger partial charge in [-0.25, -0.2) is 4.98 Å². The van der Waals surface area contributed by atoms with Gasteiger partial charge in [-0.1, -0.05) is 30.3 Å². The third kappa shape index (κ3) is 1.97. The number of nitrogens with one attached hydrogen (secondary N) is 2. The second-order valence-electron chi connectivity index (χ2n) is 5.06. The lowest BCUT2D eigenvalue weighted by Gasteiger charge is -1.94. The van der Waals surface area contributed by atoms with Gasteiger partial charge in [0.1, 0.15) is 11.9 Å². The summed E-state index contributed by atoms with van der Waals surface area (Å²) in [6, 6.07) is 18.0. The van der Waals surface area contributed by atoms with Crippen molar-refractivity contribution in [3.8, 4) is 6.07 Å². The van der Waals surface area contributed by atoms with E-state index in [0.29, 0.717) is 11.4 Å². The third-order valence-electron chi connectivity index (χ3n) is 3.69. The maximum absolute atomic E-state index is 9.49. The zero-order valence-corrected chi connectivity index (χ0v) is 11.7. The molecule has 4 heteroatoms. The van der Waals surface area contributed by atoms with E-state index in [0.717, 1.165) is 27.5 Å². The van der Waals surface area contributed by atoms with Crippen LogP contribution in [0.3, 0.4) is 0 Å². The van der Waals surface area contributed by atoms with E-state index in [9.17, 15) is 5.26 Å². The number of hydrogen-bond acceptors (Lipinski definition) is 2. The van der Waals surface area contributed by atoms with Crippen molar-refractivity contribution in [2.45, 2.75) is 0 Å². The van der Waals surface area contributed by atoms with Crippen molar-refractivity contribution in [1.82, 2.24) is 15.0 Å². The van der Waals surface area contributed by atoms with E-state index >= 15 is 0 Å². The number of aromatic nitrogens is 3. The van der Waals surface area contributed by atoms with E-state index in [4.69, 9.17) is 0 Å². The Hall–Kier alpha value is -3.32. The summed E-state index contributed by atoms with van der Waals surface area (Å²) in [6.45, 7) is 0. The predicted molar refractivity (Wildman–Crippen MR) is 87.9 cm³/mol. The number of nitrogens with zero attached hydrogens (tertiary/aromatic N) is 2. The van der Waals surface area contributed by atoms with E-state index in [1.807, 2.05) is 60.8 Å². The molecule has 0 radical (unpaired) electrons. The molecule has 0 amide bonds. The number of imidazole rings is 1. The fourth-order valence-corrected chi connectivity index (χ4v) is 2.60. The second kappa shape index (κ2) is 4.90. The van der Waals surface area contributed by atoms with Gasteiger partial charge in [-0.15, -0.1) is 0 Å². The molecule has 0 aliphatic heterocycles. The smallest absolute Gasteiger partial charge is 0.149 e. The fraction of sp³-hybridized carbons (Fsp3) is 0. The minimum atomic E-state index is 0.515. The number of hydrogen-bond donors (Lipinski definition) is 2. The molecule has 0 saturated heterocycles. The molecule has 2 aromatic heterocycles. The maximum atomic E-state index is 9.49. The molecule has 0 spiro atoms. The topological polar surface area (TPSA) is 68.3 Å². The van der Waals surface area contributed by atoms with Crippen LogP contribution in [0.15, 0.2) is 54.7 Å². The molecule has 0 saturated carbocycles. The van der Waals surface area contributed by atoms with Crippen molar-refractivity contribution in [3.63, 3.8) is 0 Å². The standard InChI is InChI=1S/C18H12N4/c19-10-12(18-21-16-7-3-4-8-17(16)22-18)9-13-11-20-15-6-2-1-5-14(13)15/h1-9,11,20H,(H,21,22). The highest BCUT2D eigenvalue weighted by Crippen LogP contribution is 2.23. The van der Waals surface area contributed by atoms with Gasteiger partial charge in [0, 0.05) is 22.7 Å². The molecule has 2 heterocycles. The van der Waals surface area contributed by atoms with E-state index < -0.39 is 0 Å². The summed E-state index contributed by atoms with van der Waals surface area (Å²) >= 11 is 0. The Labute approximate surface area is 126 Å². The van der Waals surface area contributed by atoms with Crippen LogP contribution in [-0.4, -0.2) is 15.0 Å². The molecule has 22 heavy (non-hydrogen) atoms. The molecule has 0 aliphatic rings. The molecule has 2 N–H and O–H groups in total. The minimum Gasteiger partial charge on any atom is -0.361 e. The summed E-state index contributed by atoms with van der Waals surface area (Å²) in [4.78, 5) is 10.9. The first kappa shape index (κ1) is 12.4. The normalized spacial score (nSPS) is 11.9. The predicted octanol–water partition coefficient (Wildman–Crippen LogP) is 4.11. The number of aromatic amines is 2. The van der Waals surface area contributed by atoms with Crippen molar-refractivity contribution in [2.24, 2.45) is 0 Å². The Kier molecular flexibility index (Phi) is 2.77. The van der Waals surface area contributed by atoms with Crippen LogP contribution < -0.4 is 0 Å². The number of allylic oxidation sites excluding steroid dienone is 1. The van der Waals surface area contributed by atoms with Crippen LogP contribution in [0.4, 0.5) is 0 Å². The van der Waals surface area contributed by atoms with Crippen LogP contribution in [0.25, 0.3) is 33.6 Å². The van der Waals surface area contributed by atoms with E-state index in [-0.39, 0.29) is 0 Å². The molecule has 2 aromatic carbocycles. The molecule has 4 aromatic rings. The zero-order valence-electron chi connectivity index (χ0n) is 11.7. The van der Waals surface area contributed by atoms with Crippen LogP contribution in [-0.2, 0) is 0 Å². The zero-order chi connectivity index (χ0) is 14.9. The molecular formula is C18H12N4. The number of para-hydroxylation sites is 3. The molecule has 4 nitrogen and oxygen atoms in total. The monoisotopic (exact) mass is 284 g/mol. The van der Waals surface area contributed by atoms with Gasteiger partial charge in [0.05, 0.1) is 16.6 Å². The van der Waals surface area contributed by atoms with E-state index in [2.05, 4.69) is 21.0 Å². The summed E-state index contributed by atoms with van der Waals surface area (Å²) in [5.74, 6) is 0.592. The molecule has 0 atom stereocenters. The molecule has 104 valence electrons. The van der Waals surface area contributed by atoms with Crippen LogP contribution in [0, 0.1) is 11.3 Å². The van der Waals surface area contributed by atoms with Gasteiger partial charge in [-0.3, -0.25) is 0 Å². The van der Waals surface area contributed by atoms with Crippen LogP contribution in [0.2, 0.25) is 0 Å². The Morgan fingerprint density at radius 3 is 2.64 bits per heavy atom. The lowest BCUT2D eigenvalue weighted by Crippen LogP contribution is -1.84. The molecule has 0 bridgehead atoms. The van der Waals surface area contributed by atoms with Crippen molar-refractivity contribution in [2.75, 3.05) is 0 Å². The highest BCUT2D eigenvalue weighted by Gasteiger charge is 2.09. The highest BCUT2D eigenvalue weighted by molar-refractivity contribution is 5.97. The average Bonchev–Trinajstić information content (AvgIpc) is 3.16. The number of H-pyrrole nitrogens is 2. The van der Waals surface area contributed by atoms with Gasteiger partial charge in [0.25, 0.3) is 0 Å². The van der Waals surface area contributed by atoms with Crippen LogP contribution in [0.5, 0.6) is 0 Å². The first-order valence-corrected chi connectivity index (χ1v) is 6.98. The number of nitriles is 1. The Morgan fingerprint density at radius 2 is 1.82 bits per heavy atom. The number of fused-ring (bicyclic) bond motifs is 2. The molecule has 0 aliphatic carbocycles. The van der Waals surface area contributed by atoms with Gasteiger partial charge in [-0.2, -0.15) is 5.26 Å². The van der Waals surface area contributed by atoms with Crippen molar-refractivity contribution >= 4 is 33.6 Å². The SMILES string of the molecule is N#CC(=Cc1c[nH]c2ccccc12)c1nc2ccccc2[nH]1. The molecule has 0 unspecified atom stereocenters. The molecule has 0 fully saturated rings. The summed E-state index contributed by atoms with van der Waals surface area (Å²) in [6.07, 6.45) is 3.77. The Morgan fingerprint density at radius 1 is 1.05 bits per heavy atom. The van der Waals surface area contributed by atoms with Crippen LogP contribution in [0.1, 0.15) is 11.4 Å². The average molecular weight is 284 g/mol.